The number of aliphatic hydroxyl groups excluding tert-OH is 1. The summed E-state index contributed by atoms with van der Waals surface area (Å²) in [4.78, 5) is 17.2. The molecule has 1 unspecified atom stereocenters. The van der Waals surface area contributed by atoms with Gasteiger partial charge in [0.1, 0.15) is 23.9 Å². The Morgan fingerprint density at radius 1 is 1.12 bits per heavy atom. The van der Waals surface area contributed by atoms with Gasteiger partial charge >= 0.3 is 0 Å². The van der Waals surface area contributed by atoms with Crippen molar-refractivity contribution in [3.05, 3.63) is 70.6 Å². The third kappa shape index (κ3) is 5.93. The van der Waals surface area contributed by atoms with Gasteiger partial charge in [0.15, 0.2) is 11.5 Å². The fraction of sp³-hybridized carbons (Fsp3) is 0.250. The van der Waals surface area contributed by atoms with Crippen molar-refractivity contribution in [2.75, 3.05) is 34.0 Å². The number of carbonyl (C=O) groups excluding carboxylic acids is 1. The number of nitrogens with one attached hydrogen (secondary N) is 1. The Morgan fingerprint density at radius 3 is 2.53 bits per heavy atom. The van der Waals surface area contributed by atoms with E-state index >= 15 is 0 Å². The number of amides is 1. The maximum Gasteiger partial charge on any atom is 0.251 e. The number of aliphatic hydroxyl groups is 1. The lowest BCUT2D eigenvalue weighted by Gasteiger charge is -2.16. The normalized spacial score (nSPS) is 11.6. The first-order chi connectivity index (χ1) is 16.4. The highest BCUT2D eigenvalue weighted by Gasteiger charge is 2.17. The fourth-order valence-corrected chi connectivity index (χ4v) is 3.36. The van der Waals surface area contributed by atoms with E-state index in [1.807, 2.05) is 0 Å². The minimum absolute atomic E-state index is 0.0356. The number of pyridine rings is 1. The summed E-state index contributed by atoms with van der Waals surface area (Å²) in [5, 5.41) is 11.6. The van der Waals surface area contributed by atoms with Crippen LogP contribution in [0, 0.1) is 5.82 Å². The van der Waals surface area contributed by atoms with Crippen LogP contribution in [-0.4, -0.2) is 50.0 Å². The van der Waals surface area contributed by atoms with E-state index in [9.17, 15) is 9.18 Å². The summed E-state index contributed by atoms with van der Waals surface area (Å²) in [5.41, 5.74) is 8.15. The second-order valence-corrected chi connectivity index (χ2v) is 7.58. The van der Waals surface area contributed by atoms with Crippen LogP contribution in [0.5, 0.6) is 17.2 Å². The molecule has 0 saturated heterocycles. The second-order valence-electron chi connectivity index (χ2n) is 7.17. The van der Waals surface area contributed by atoms with Gasteiger partial charge in [-0.05, 0) is 48.5 Å². The Hall–Kier alpha value is -3.40. The Balaban J connectivity index is 1.74. The van der Waals surface area contributed by atoms with Crippen molar-refractivity contribution in [1.29, 1.82) is 0 Å². The summed E-state index contributed by atoms with van der Waals surface area (Å²) in [6, 6.07) is 11.7. The first kappa shape index (κ1) is 25.2. The molecular formula is C24H25ClFN3O5. The molecule has 0 aliphatic carbocycles. The molecule has 0 fully saturated rings. The van der Waals surface area contributed by atoms with E-state index in [0.29, 0.717) is 39.8 Å². The molecule has 1 heterocycles. The van der Waals surface area contributed by atoms with E-state index in [1.165, 1.54) is 32.4 Å². The van der Waals surface area contributed by atoms with E-state index in [0.717, 1.165) is 0 Å². The van der Waals surface area contributed by atoms with Crippen LogP contribution < -0.4 is 25.3 Å². The maximum atomic E-state index is 13.6. The number of carbonyl (C=O) groups is 1. The molecule has 0 aliphatic rings. The van der Waals surface area contributed by atoms with Crippen LogP contribution in [0.2, 0.25) is 5.02 Å². The molecule has 3 aromatic rings. The summed E-state index contributed by atoms with van der Waals surface area (Å²) in [5.74, 6) is 0.356. The molecule has 0 saturated carbocycles. The average molecular weight is 490 g/mol. The third-order valence-corrected chi connectivity index (χ3v) is 5.22. The molecule has 0 radical (unpaired) electrons. The number of aromatic nitrogens is 1. The predicted molar refractivity (Wildman–Crippen MR) is 126 cm³/mol. The summed E-state index contributed by atoms with van der Waals surface area (Å²) in [6.45, 7) is 0.0726. The standard InChI is InChI=1S/C24H25ClFN3O5/c1-32-21-8-6-19(29-23(21)14-3-5-17(26)16(25)11-14)18(27)13-28-24(31)15-4-7-20(34-10-9-30)22(12-15)33-2/h3-8,11-12,18,30H,9-10,13,27H2,1-2H3,(H,28,31). The molecule has 180 valence electrons. The third-order valence-electron chi connectivity index (χ3n) is 4.93. The van der Waals surface area contributed by atoms with Gasteiger partial charge in [0.2, 0.25) is 0 Å². The van der Waals surface area contributed by atoms with Crippen LogP contribution in [0.4, 0.5) is 4.39 Å². The highest BCUT2D eigenvalue weighted by atomic mass is 35.5. The number of hydrogen-bond donors (Lipinski definition) is 3. The molecule has 4 N–H and O–H groups in total. The SMILES string of the molecule is COc1cc(C(=O)NCC(N)c2ccc(OC)c(-c3ccc(F)c(Cl)c3)n2)ccc1OCCO. The van der Waals surface area contributed by atoms with E-state index < -0.39 is 11.9 Å². The van der Waals surface area contributed by atoms with Crippen LogP contribution in [0.3, 0.4) is 0 Å². The molecular weight excluding hydrogens is 465 g/mol. The van der Waals surface area contributed by atoms with Crippen molar-refractivity contribution in [3.63, 3.8) is 0 Å². The lowest BCUT2D eigenvalue weighted by Crippen LogP contribution is -2.32. The molecule has 0 aliphatic heterocycles. The largest absolute Gasteiger partial charge is 0.494 e. The maximum absolute atomic E-state index is 13.6. The molecule has 3 rings (SSSR count). The van der Waals surface area contributed by atoms with Crippen LogP contribution >= 0.6 is 11.6 Å². The Morgan fingerprint density at radius 2 is 1.85 bits per heavy atom. The van der Waals surface area contributed by atoms with E-state index in [4.69, 9.17) is 36.7 Å². The molecule has 34 heavy (non-hydrogen) atoms. The van der Waals surface area contributed by atoms with E-state index in [2.05, 4.69) is 10.3 Å². The predicted octanol–water partition coefficient (Wildman–Crippen LogP) is 3.36. The minimum Gasteiger partial charge on any atom is -0.494 e. The quantitative estimate of drug-likeness (QED) is 0.400. The zero-order valence-corrected chi connectivity index (χ0v) is 19.4. The molecule has 2 aromatic carbocycles. The number of rotatable bonds is 10. The number of methoxy groups -OCH3 is 2. The molecule has 0 spiro atoms. The Labute approximate surface area is 201 Å². The van der Waals surface area contributed by atoms with Crippen molar-refractivity contribution in [1.82, 2.24) is 10.3 Å². The average Bonchev–Trinajstić information content (AvgIpc) is 2.86. The highest BCUT2D eigenvalue weighted by molar-refractivity contribution is 6.31. The number of benzene rings is 2. The van der Waals surface area contributed by atoms with Crippen LogP contribution in [0.15, 0.2) is 48.5 Å². The minimum atomic E-state index is -0.626. The molecule has 1 atom stereocenters. The van der Waals surface area contributed by atoms with Gasteiger partial charge in [-0.2, -0.15) is 0 Å². The van der Waals surface area contributed by atoms with Crippen LogP contribution in [0.1, 0.15) is 22.1 Å². The van der Waals surface area contributed by atoms with Gasteiger partial charge in [0.05, 0.1) is 37.6 Å². The number of halogens is 2. The second kappa shape index (κ2) is 11.6. The van der Waals surface area contributed by atoms with Gasteiger partial charge < -0.3 is 30.4 Å². The highest BCUT2D eigenvalue weighted by Crippen LogP contribution is 2.32. The van der Waals surface area contributed by atoms with Gasteiger partial charge in [0, 0.05) is 17.7 Å². The molecule has 1 amide bonds. The van der Waals surface area contributed by atoms with E-state index in [-0.39, 0.29) is 30.7 Å². The van der Waals surface area contributed by atoms with Crippen LogP contribution in [-0.2, 0) is 0 Å². The molecule has 1 aromatic heterocycles. The first-order valence-electron chi connectivity index (χ1n) is 10.3. The van der Waals surface area contributed by atoms with Crippen molar-refractivity contribution in [2.45, 2.75) is 6.04 Å². The van der Waals surface area contributed by atoms with Crippen molar-refractivity contribution < 1.29 is 28.5 Å². The van der Waals surface area contributed by atoms with Crippen molar-refractivity contribution >= 4 is 17.5 Å². The summed E-state index contributed by atoms with van der Waals surface area (Å²) in [7, 11) is 2.96. The molecule has 0 bridgehead atoms. The lowest BCUT2D eigenvalue weighted by atomic mass is 10.1. The first-order valence-corrected chi connectivity index (χ1v) is 10.7. The number of nitrogens with two attached hydrogens (primary N) is 1. The zero-order chi connectivity index (χ0) is 24.7. The monoisotopic (exact) mass is 489 g/mol. The van der Waals surface area contributed by atoms with Crippen molar-refractivity contribution in [3.8, 4) is 28.5 Å². The van der Waals surface area contributed by atoms with Gasteiger partial charge in [-0.3, -0.25) is 4.79 Å². The number of hydrogen-bond acceptors (Lipinski definition) is 7. The topological polar surface area (TPSA) is 116 Å². The van der Waals surface area contributed by atoms with Gasteiger partial charge in [-0.15, -0.1) is 0 Å². The molecule has 10 heteroatoms. The smallest absolute Gasteiger partial charge is 0.251 e. The Bertz CT molecular complexity index is 1160. The number of ether oxygens (including phenoxy) is 3. The van der Waals surface area contributed by atoms with Crippen molar-refractivity contribution in [2.24, 2.45) is 5.73 Å². The summed E-state index contributed by atoms with van der Waals surface area (Å²) >= 11 is 5.92. The number of nitrogens with zero attached hydrogens (tertiary/aromatic N) is 1. The van der Waals surface area contributed by atoms with Gasteiger partial charge in [-0.1, -0.05) is 11.6 Å². The summed E-state index contributed by atoms with van der Waals surface area (Å²) < 4.78 is 29.6. The summed E-state index contributed by atoms with van der Waals surface area (Å²) in [6.07, 6.45) is 0. The fourth-order valence-electron chi connectivity index (χ4n) is 3.18. The van der Waals surface area contributed by atoms with E-state index in [1.54, 1.807) is 30.3 Å². The van der Waals surface area contributed by atoms with Crippen LogP contribution in [0.25, 0.3) is 11.3 Å². The molecule has 8 nitrogen and oxygen atoms in total. The Kier molecular flexibility index (Phi) is 8.64. The zero-order valence-electron chi connectivity index (χ0n) is 18.7. The lowest BCUT2D eigenvalue weighted by molar-refractivity contribution is 0.0950. The van der Waals surface area contributed by atoms with Gasteiger partial charge in [-0.25, -0.2) is 9.37 Å². The van der Waals surface area contributed by atoms with Gasteiger partial charge in [0.25, 0.3) is 5.91 Å².